The summed E-state index contributed by atoms with van der Waals surface area (Å²) in [6.45, 7) is 6.26. The van der Waals surface area contributed by atoms with Gasteiger partial charge >= 0.3 is 0 Å². The molecule has 5 nitrogen and oxygen atoms in total. The number of aliphatic hydroxyl groups excluding tert-OH is 1. The zero-order valence-electron chi connectivity index (χ0n) is 11.2. The Bertz CT molecular complexity index is 368. The van der Waals surface area contributed by atoms with Crippen LogP contribution in [-0.2, 0) is 24.2 Å². The minimum absolute atomic E-state index is 0.327. The first-order valence-electron chi connectivity index (χ1n) is 6.25. The number of hydrogen-bond donors (Lipinski definition) is 2. The maximum absolute atomic E-state index is 9.53. The molecule has 0 amide bonds. The van der Waals surface area contributed by atoms with Crippen LogP contribution < -0.4 is 5.32 Å². The third-order valence-corrected chi connectivity index (χ3v) is 3.16. The number of ether oxygens (including phenoxy) is 1. The van der Waals surface area contributed by atoms with Gasteiger partial charge in [0.15, 0.2) is 0 Å². The SMILES string of the molecule is CCc1nn(CC)c(CNCC(O)COC)c1Cl. The van der Waals surface area contributed by atoms with Crippen LogP contribution in [0.15, 0.2) is 0 Å². The Morgan fingerprint density at radius 3 is 2.78 bits per heavy atom. The number of hydrogen-bond acceptors (Lipinski definition) is 4. The van der Waals surface area contributed by atoms with Crippen molar-refractivity contribution < 1.29 is 9.84 Å². The van der Waals surface area contributed by atoms with E-state index in [1.165, 1.54) is 0 Å². The highest BCUT2D eigenvalue weighted by Crippen LogP contribution is 2.21. The maximum Gasteiger partial charge on any atom is 0.0897 e. The molecule has 104 valence electrons. The lowest BCUT2D eigenvalue weighted by molar-refractivity contribution is 0.0643. The van der Waals surface area contributed by atoms with E-state index in [2.05, 4.69) is 10.4 Å². The van der Waals surface area contributed by atoms with Gasteiger partial charge in [-0.1, -0.05) is 18.5 Å². The van der Waals surface area contributed by atoms with E-state index in [0.717, 1.165) is 29.4 Å². The molecular weight excluding hydrogens is 254 g/mol. The molecule has 0 fully saturated rings. The molecule has 1 aromatic rings. The van der Waals surface area contributed by atoms with E-state index in [1.54, 1.807) is 7.11 Å². The molecule has 0 aliphatic rings. The number of methoxy groups -OCH3 is 1. The molecule has 1 aromatic heterocycles. The summed E-state index contributed by atoms with van der Waals surface area (Å²) in [6.07, 6.45) is 0.322. The lowest BCUT2D eigenvalue weighted by Crippen LogP contribution is -2.30. The first-order chi connectivity index (χ1) is 8.63. The first-order valence-corrected chi connectivity index (χ1v) is 6.63. The molecule has 0 aromatic carbocycles. The van der Waals surface area contributed by atoms with Crippen molar-refractivity contribution >= 4 is 11.6 Å². The summed E-state index contributed by atoms with van der Waals surface area (Å²) >= 11 is 6.27. The van der Waals surface area contributed by atoms with Gasteiger partial charge in [0.25, 0.3) is 0 Å². The molecule has 1 heterocycles. The summed E-state index contributed by atoms with van der Waals surface area (Å²) in [7, 11) is 1.57. The van der Waals surface area contributed by atoms with E-state index >= 15 is 0 Å². The van der Waals surface area contributed by atoms with Gasteiger partial charge in [0, 0.05) is 26.7 Å². The van der Waals surface area contributed by atoms with Crippen molar-refractivity contribution in [3.63, 3.8) is 0 Å². The van der Waals surface area contributed by atoms with Gasteiger partial charge in [-0.05, 0) is 13.3 Å². The zero-order valence-corrected chi connectivity index (χ0v) is 12.0. The van der Waals surface area contributed by atoms with Crippen LogP contribution in [0.5, 0.6) is 0 Å². The minimum Gasteiger partial charge on any atom is -0.389 e. The van der Waals surface area contributed by atoms with Crippen molar-refractivity contribution in [2.45, 2.75) is 39.5 Å². The second-order valence-corrected chi connectivity index (χ2v) is 4.49. The van der Waals surface area contributed by atoms with E-state index in [1.807, 2.05) is 18.5 Å². The second kappa shape index (κ2) is 7.74. The molecule has 0 spiro atoms. The van der Waals surface area contributed by atoms with Gasteiger partial charge in [-0.3, -0.25) is 4.68 Å². The number of aryl methyl sites for hydroxylation is 2. The average Bonchev–Trinajstić information content (AvgIpc) is 2.66. The second-order valence-electron chi connectivity index (χ2n) is 4.12. The van der Waals surface area contributed by atoms with E-state index in [4.69, 9.17) is 16.3 Å². The van der Waals surface area contributed by atoms with Crippen LogP contribution in [0.1, 0.15) is 25.2 Å². The zero-order chi connectivity index (χ0) is 13.5. The molecule has 1 atom stereocenters. The van der Waals surface area contributed by atoms with Crippen LogP contribution in [0, 0.1) is 0 Å². The van der Waals surface area contributed by atoms with Gasteiger partial charge in [0.2, 0.25) is 0 Å². The highest BCUT2D eigenvalue weighted by atomic mass is 35.5. The van der Waals surface area contributed by atoms with Gasteiger partial charge in [0.05, 0.1) is 29.1 Å². The van der Waals surface area contributed by atoms with Crippen LogP contribution >= 0.6 is 11.6 Å². The predicted molar refractivity (Wildman–Crippen MR) is 71.9 cm³/mol. The smallest absolute Gasteiger partial charge is 0.0897 e. The Morgan fingerprint density at radius 2 is 2.22 bits per heavy atom. The number of halogens is 1. The summed E-state index contributed by atoms with van der Waals surface area (Å²) in [6, 6.07) is 0. The molecule has 0 saturated heterocycles. The topological polar surface area (TPSA) is 59.3 Å². The van der Waals surface area contributed by atoms with Gasteiger partial charge < -0.3 is 15.2 Å². The maximum atomic E-state index is 9.53. The Kier molecular flexibility index (Phi) is 6.63. The predicted octanol–water partition coefficient (Wildman–Crippen LogP) is 1.22. The normalized spacial score (nSPS) is 12.9. The summed E-state index contributed by atoms with van der Waals surface area (Å²) in [5.41, 5.74) is 1.90. The molecule has 6 heteroatoms. The Morgan fingerprint density at radius 1 is 1.50 bits per heavy atom. The Labute approximate surface area is 113 Å². The number of aliphatic hydroxyl groups is 1. The van der Waals surface area contributed by atoms with E-state index in [-0.39, 0.29) is 0 Å². The third kappa shape index (κ3) is 3.95. The van der Waals surface area contributed by atoms with Crippen LogP contribution in [0.2, 0.25) is 5.02 Å². The van der Waals surface area contributed by atoms with Crippen LogP contribution in [0.25, 0.3) is 0 Å². The highest BCUT2D eigenvalue weighted by molar-refractivity contribution is 6.31. The first kappa shape index (κ1) is 15.4. The van der Waals surface area contributed by atoms with Gasteiger partial charge in [-0.25, -0.2) is 0 Å². The average molecular weight is 276 g/mol. The molecular formula is C12H22ClN3O2. The highest BCUT2D eigenvalue weighted by Gasteiger charge is 2.14. The van der Waals surface area contributed by atoms with Gasteiger partial charge in [-0.2, -0.15) is 5.10 Å². The third-order valence-electron chi connectivity index (χ3n) is 2.73. The lowest BCUT2D eigenvalue weighted by atomic mass is 10.3. The Balaban J connectivity index is 2.58. The summed E-state index contributed by atoms with van der Waals surface area (Å²) < 4.78 is 6.76. The largest absolute Gasteiger partial charge is 0.389 e. The summed E-state index contributed by atoms with van der Waals surface area (Å²) in [5.74, 6) is 0. The fraction of sp³-hybridized carbons (Fsp3) is 0.750. The van der Waals surface area contributed by atoms with Crippen molar-refractivity contribution in [3.05, 3.63) is 16.4 Å². The standard InChI is InChI=1S/C12H22ClN3O2/c1-4-10-12(13)11(16(5-2)15-10)7-14-6-9(17)8-18-3/h9,14,17H,4-8H2,1-3H3. The van der Waals surface area contributed by atoms with E-state index < -0.39 is 6.10 Å². The molecule has 1 unspecified atom stereocenters. The van der Waals surface area contributed by atoms with Crippen molar-refractivity contribution in [1.82, 2.24) is 15.1 Å². The number of rotatable bonds is 8. The van der Waals surface area contributed by atoms with E-state index in [0.29, 0.717) is 19.7 Å². The van der Waals surface area contributed by atoms with Gasteiger partial charge in [0.1, 0.15) is 0 Å². The minimum atomic E-state index is -0.502. The molecule has 0 bridgehead atoms. The van der Waals surface area contributed by atoms with Crippen molar-refractivity contribution in [2.75, 3.05) is 20.3 Å². The number of nitrogens with zero attached hydrogens (tertiary/aromatic N) is 2. The van der Waals surface area contributed by atoms with Crippen molar-refractivity contribution in [1.29, 1.82) is 0 Å². The molecule has 2 N–H and O–H groups in total. The monoisotopic (exact) mass is 275 g/mol. The summed E-state index contributed by atoms with van der Waals surface area (Å²) in [4.78, 5) is 0. The van der Waals surface area contributed by atoms with Crippen LogP contribution in [0.4, 0.5) is 0 Å². The fourth-order valence-corrected chi connectivity index (χ4v) is 2.13. The number of nitrogens with one attached hydrogen (secondary N) is 1. The quantitative estimate of drug-likeness (QED) is 0.749. The van der Waals surface area contributed by atoms with E-state index in [9.17, 15) is 5.11 Å². The fourth-order valence-electron chi connectivity index (χ4n) is 1.79. The van der Waals surface area contributed by atoms with Crippen molar-refractivity contribution in [3.8, 4) is 0 Å². The Hall–Kier alpha value is -0.620. The lowest BCUT2D eigenvalue weighted by Gasteiger charge is -2.11. The molecule has 18 heavy (non-hydrogen) atoms. The molecule has 0 saturated carbocycles. The van der Waals surface area contributed by atoms with Crippen LogP contribution in [-0.4, -0.2) is 41.3 Å². The van der Waals surface area contributed by atoms with Crippen molar-refractivity contribution in [2.24, 2.45) is 0 Å². The van der Waals surface area contributed by atoms with Crippen LogP contribution in [0.3, 0.4) is 0 Å². The molecule has 1 rings (SSSR count). The molecule has 0 aliphatic carbocycles. The number of aromatic nitrogens is 2. The van der Waals surface area contributed by atoms with Gasteiger partial charge in [-0.15, -0.1) is 0 Å². The molecule has 0 radical (unpaired) electrons. The summed E-state index contributed by atoms with van der Waals surface area (Å²) in [5, 5.41) is 17.9. The molecule has 0 aliphatic heterocycles.